The molecule has 2 aromatic heterocycles. The molecule has 0 atom stereocenters. The predicted octanol–water partition coefficient (Wildman–Crippen LogP) is 3.41. The van der Waals surface area contributed by atoms with Crippen molar-refractivity contribution in [3.63, 3.8) is 0 Å². The van der Waals surface area contributed by atoms with Gasteiger partial charge in [-0.1, -0.05) is 30.3 Å². The summed E-state index contributed by atoms with van der Waals surface area (Å²) in [6, 6.07) is 16.8. The van der Waals surface area contributed by atoms with Gasteiger partial charge in [-0.25, -0.2) is 15.0 Å². The molecule has 3 aliphatic rings. The van der Waals surface area contributed by atoms with Crippen molar-refractivity contribution in [3.05, 3.63) is 72.1 Å². The molecule has 4 aromatic rings. The van der Waals surface area contributed by atoms with Gasteiger partial charge in [0, 0.05) is 48.8 Å². The van der Waals surface area contributed by atoms with Crippen LogP contribution in [0.5, 0.6) is 0 Å². The molecular weight excluding hydrogens is 506 g/mol. The summed E-state index contributed by atoms with van der Waals surface area (Å²) in [5.74, 6) is 1.86. The first kappa shape index (κ1) is 24.6. The molecule has 0 unspecified atom stereocenters. The summed E-state index contributed by atoms with van der Waals surface area (Å²) >= 11 is 0. The zero-order chi connectivity index (χ0) is 26.9. The van der Waals surface area contributed by atoms with Crippen LogP contribution in [-0.2, 0) is 22.5 Å². The van der Waals surface area contributed by atoms with Gasteiger partial charge in [-0.05, 0) is 30.2 Å². The zero-order valence-electron chi connectivity index (χ0n) is 22.2. The van der Waals surface area contributed by atoms with Gasteiger partial charge in [0.05, 0.1) is 43.6 Å². The molecule has 40 heavy (non-hydrogen) atoms. The van der Waals surface area contributed by atoms with E-state index in [1.165, 1.54) is 5.56 Å². The maximum absolute atomic E-state index is 6.00. The lowest BCUT2D eigenvalue weighted by Crippen LogP contribution is -2.37. The van der Waals surface area contributed by atoms with Crippen LogP contribution in [0.4, 0.5) is 34.8 Å². The molecule has 3 aliphatic heterocycles. The molecule has 0 bridgehead atoms. The van der Waals surface area contributed by atoms with E-state index in [1.54, 1.807) is 12.4 Å². The first-order valence-electron chi connectivity index (χ1n) is 13.6. The highest BCUT2D eigenvalue weighted by Gasteiger charge is 2.30. The van der Waals surface area contributed by atoms with Gasteiger partial charge in [-0.15, -0.1) is 0 Å². The fourth-order valence-electron chi connectivity index (χ4n) is 5.44. The maximum atomic E-state index is 6.00. The monoisotopic (exact) mass is 537 g/mol. The summed E-state index contributed by atoms with van der Waals surface area (Å²) in [5.41, 5.74) is 13.0. The van der Waals surface area contributed by atoms with Crippen LogP contribution < -0.4 is 25.8 Å². The van der Waals surface area contributed by atoms with Crippen molar-refractivity contribution in [3.8, 4) is 11.3 Å². The molecule has 0 saturated carbocycles. The number of benzene rings is 2. The molecule has 204 valence electrons. The van der Waals surface area contributed by atoms with Gasteiger partial charge in [-0.3, -0.25) is 0 Å². The smallest absolute Gasteiger partial charge is 0.228 e. The SMILES string of the molecule is Nc1ncc(-c2nc(N3CCOCC3)nc3c2CCN3c2ccc3c(c2)NCN3COCc2ccccc2)cn1. The molecule has 2 aromatic carbocycles. The number of aromatic nitrogens is 4. The Kier molecular flexibility index (Phi) is 6.50. The molecule has 11 heteroatoms. The standard InChI is InChI=1S/C29H31N9O2/c30-28-31-15-21(16-32-28)26-23-8-9-38(27(23)35-29(34-26)36-10-12-39-13-11-36)22-6-7-25-24(14-22)33-18-37(25)19-40-17-20-4-2-1-3-5-20/h1-7,14-16,33H,8-13,17-19H2,(H2,30,31,32). The fraction of sp³-hybridized carbons (Fsp3) is 0.310. The van der Waals surface area contributed by atoms with E-state index in [-0.39, 0.29) is 5.95 Å². The van der Waals surface area contributed by atoms with E-state index in [1.807, 2.05) is 18.2 Å². The number of nitrogens with zero attached hydrogens (tertiary/aromatic N) is 7. The molecule has 1 fully saturated rings. The molecule has 3 N–H and O–H groups in total. The van der Waals surface area contributed by atoms with E-state index < -0.39 is 0 Å². The van der Waals surface area contributed by atoms with Crippen molar-refractivity contribution in [2.45, 2.75) is 13.0 Å². The van der Waals surface area contributed by atoms with Gasteiger partial charge in [0.2, 0.25) is 11.9 Å². The number of hydrogen-bond acceptors (Lipinski definition) is 11. The molecular formula is C29H31N9O2. The Bertz CT molecular complexity index is 1490. The molecule has 0 radical (unpaired) electrons. The molecule has 0 amide bonds. The summed E-state index contributed by atoms with van der Waals surface area (Å²) in [4.78, 5) is 25.2. The van der Waals surface area contributed by atoms with Crippen molar-refractivity contribution in [2.24, 2.45) is 0 Å². The predicted molar refractivity (Wildman–Crippen MR) is 155 cm³/mol. The normalized spacial score (nSPS) is 16.1. The lowest BCUT2D eigenvalue weighted by molar-refractivity contribution is 0.122. The van der Waals surface area contributed by atoms with Gasteiger partial charge in [-0.2, -0.15) is 4.98 Å². The summed E-state index contributed by atoms with van der Waals surface area (Å²) < 4.78 is 11.6. The Morgan fingerprint density at radius 1 is 0.975 bits per heavy atom. The largest absolute Gasteiger partial charge is 0.378 e. The highest BCUT2D eigenvalue weighted by molar-refractivity contribution is 5.83. The number of hydrogen-bond donors (Lipinski definition) is 2. The Morgan fingerprint density at radius 2 is 1.80 bits per heavy atom. The first-order chi connectivity index (χ1) is 19.7. The third kappa shape index (κ3) is 4.74. The minimum atomic E-state index is 0.245. The van der Waals surface area contributed by atoms with E-state index in [0.717, 1.165) is 65.8 Å². The van der Waals surface area contributed by atoms with Gasteiger partial charge < -0.3 is 35.2 Å². The summed E-state index contributed by atoms with van der Waals surface area (Å²) in [6.07, 6.45) is 4.30. The second-order valence-corrected chi connectivity index (χ2v) is 10.0. The number of nitrogens with two attached hydrogens (primary N) is 1. The minimum absolute atomic E-state index is 0.245. The Labute approximate surface area is 232 Å². The molecule has 5 heterocycles. The van der Waals surface area contributed by atoms with E-state index in [0.29, 0.717) is 39.2 Å². The van der Waals surface area contributed by atoms with Crippen LogP contribution in [0, 0.1) is 0 Å². The minimum Gasteiger partial charge on any atom is -0.378 e. The molecule has 0 spiro atoms. The van der Waals surface area contributed by atoms with Crippen molar-refractivity contribution >= 4 is 34.8 Å². The van der Waals surface area contributed by atoms with Crippen LogP contribution in [-0.4, -0.2) is 66.2 Å². The second kappa shape index (κ2) is 10.6. The van der Waals surface area contributed by atoms with E-state index in [2.05, 4.69) is 60.3 Å². The van der Waals surface area contributed by atoms with Gasteiger partial charge in [0.1, 0.15) is 12.5 Å². The fourth-order valence-corrected chi connectivity index (χ4v) is 5.44. The number of ether oxygens (including phenoxy) is 2. The van der Waals surface area contributed by atoms with Crippen LogP contribution in [0.25, 0.3) is 11.3 Å². The average Bonchev–Trinajstić information content (AvgIpc) is 3.62. The maximum Gasteiger partial charge on any atom is 0.228 e. The summed E-state index contributed by atoms with van der Waals surface area (Å²) in [5, 5.41) is 3.53. The summed E-state index contributed by atoms with van der Waals surface area (Å²) in [6.45, 7) is 5.44. The van der Waals surface area contributed by atoms with Gasteiger partial charge in [0.15, 0.2) is 0 Å². The Balaban J connectivity index is 1.16. The molecule has 11 nitrogen and oxygen atoms in total. The molecule has 1 saturated heterocycles. The van der Waals surface area contributed by atoms with Crippen molar-refractivity contribution in [1.29, 1.82) is 0 Å². The summed E-state index contributed by atoms with van der Waals surface area (Å²) in [7, 11) is 0. The number of morpholine rings is 1. The quantitative estimate of drug-likeness (QED) is 0.361. The van der Waals surface area contributed by atoms with E-state index in [9.17, 15) is 0 Å². The van der Waals surface area contributed by atoms with Crippen molar-refractivity contribution < 1.29 is 9.47 Å². The molecule has 7 rings (SSSR count). The van der Waals surface area contributed by atoms with Crippen LogP contribution in [0.1, 0.15) is 11.1 Å². The zero-order valence-corrected chi connectivity index (χ0v) is 22.2. The number of rotatable bonds is 7. The van der Waals surface area contributed by atoms with Crippen LogP contribution >= 0.6 is 0 Å². The highest BCUT2D eigenvalue weighted by Crippen LogP contribution is 2.42. The number of anilines is 6. The van der Waals surface area contributed by atoms with Crippen LogP contribution in [0.3, 0.4) is 0 Å². The third-order valence-corrected chi connectivity index (χ3v) is 7.51. The number of fused-ring (bicyclic) bond motifs is 2. The first-order valence-corrected chi connectivity index (χ1v) is 13.6. The second-order valence-electron chi connectivity index (χ2n) is 10.0. The highest BCUT2D eigenvalue weighted by atomic mass is 16.5. The molecule has 0 aliphatic carbocycles. The van der Waals surface area contributed by atoms with Crippen molar-refractivity contribution in [1.82, 2.24) is 19.9 Å². The van der Waals surface area contributed by atoms with Crippen molar-refractivity contribution in [2.75, 3.05) is 72.0 Å². The third-order valence-electron chi connectivity index (χ3n) is 7.51. The van der Waals surface area contributed by atoms with Crippen LogP contribution in [0.15, 0.2) is 60.9 Å². The Hall–Kier alpha value is -4.48. The van der Waals surface area contributed by atoms with E-state index in [4.69, 9.17) is 25.2 Å². The average molecular weight is 538 g/mol. The lowest BCUT2D eigenvalue weighted by atomic mass is 10.1. The van der Waals surface area contributed by atoms with Crippen LogP contribution in [0.2, 0.25) is 0 Å². The number of nitrogens with one attached hydrogen (secondary N) is 1. The van der Waals surface area contributed by atoms with Gasteiger partial charge >= 0.3 is 0 Å². The lowest BCUT2D eigenvalue weighted by Gasteiger charge is -2.28. The van der Waals surface area contributed by atoms with E-state index >= 15 is 0 Å². The van der Waals surface area contributed by atoms with Gasteiger partial charge in [0.25, 0.3) is 0 Å². The topological polar surface area (TPSA) is 118 Å². The number of nitrogen functional groups attached to an aromatic ring is 1. The Morgan fingerprint density at radius 3 is 2.62 bits per heavy atom.